The summed E-state index contributed by atoms with van der Waals surface area (Å²) < 4.78 is 1.25. The first-order valence-corrected chi connectivity index (χ1v) is 6.24. The summed E-state index contributed by atoms with van der Waals surface area (Å²) in [6.45, 7) is 1.64. The largest absolute Gasteiger partial charge is 0.292 e. The van der Waals surface area contributed by atoms with Crippen LogP contribution >= 0.6 is 23.2 Å². The van der Waals surface area contributed by atoms with E-state index in [2.05, 4.69) is 4.98 Å². The summed E-state index contributed by atoms with van der Waals surface area (Å²) >= 11 is 11.6. The Morgan fingerprint density at radius 2 is 2.00 bits per heavy atom. The van der Waals surface area contributed by atoms with Crippen molar-refractivity contribution < 1.29 is 4.79 Å². The van der Waals surface area contributed by atoms with Crippen LogP contribution in [0.25, 0.3) is 0 Å². The highest BCUT2D eigenvalue weighted by atomic mass is 35.5. The maximum atomic E-state index is 12.0. The molecule has 0 radical (unpaired) electrons. The van der Waals surface area contributed by atoms with E-state index < -0.39 is 0 Å². The van der Waals surface area contributed by atoms with E-state index >= 15 is 0 Å². The lowest BCUT2D eigenvalue weighted by Gasteiger charge is -2.05. The van der Waals surface area contributed by atoms with Crippen LogP contribution in [-0.2, 0) is 6.54 Å². The minimum atomic E-state index is -0.263. The predicted molar refractivity (Wildman–Crippen MR) is 74.0 cm³/mol. The molecule has 1 heterocycles. The lowest BCUT2D eigenvalue weighted by atomic mass is 10.1. The first-order chi connectivity index (χ1) is 8.97. The molecular weight excluding hydrogens is 287 g/mol. The molecule has 6 heteroatoms. The van der Waals surface area contributed by atoms with E-state index in [4.69, 9.17) is 23.2 Å². The van der Waals surface area contributed by atoms with Gasteiger partial charge in [-0.15, -0.1) is 0 Å². The molecule has 0 saturated heterocycles. The molecule has 0 amide bonds. The number of halogens is 2. The molecule has 19 heavy (non-hydrogen) atoms. The third-order valence-electron chi connectivity index (χ3n) is 2.57. The third-order valence-corrected chi connectivity index (χ3v) is 3.31. The Morgan fingerprint density at radius 1 is 1.26 bits per heavy atom. The molecule has 0 aliphatic heterocycles. The van der Waals surface area contributed by atoms with Gasteiger partial charge in [0.15, 0.2) is 5.78 Å². The quantitative estimate of drug-likeness (QED) is 0.819. The Bertz CT molecular complexity index is 695. The fourth-order valence-electron chi connectivity index (χ4n) is 1.55. The van der Waals surface area contributed by atoms with Crippen molar-refractivity contribution in [3.63, 3.8) is 0 Å². The van der Waals surface area contributed by atoms with Gasteiger partial charge in [0.2, 0.25) is 0 Å². The smallest absolute Gasteiger partial charge is 0.253 e. The SMILES string of the molecule is Cc1cc(=O)n(CC(=O)c2ccc(Cl)c(Cl)c2)cn1. The van der Waals surface area contributed by atoms with Gasteiger partial charge < -0.3 is 0 Å². The molecule has 2 rings (SSSR count). The molecule has 0 atom stereocenters. The van der Waals surface area contributed by atoms with Crippen LogP contribution in [-0.4, -0.2) is 15.3 Å². The molecule has 2 aromatic rings. The van der Waals surface area contributed by atoms with Crippen LogP contribution in [0.4, 0.5) is 0 Å². The van der Waals surface area contributed by atoms with E-state index in [0.29, 0.717) is 21.3 Å². The Balaban J connectivity index is 2.25. The number of Topliss-reactive ketones (excluding diaryl/α,β-unsaturated/α-hetero) is 1. The van der Waals surface area contributed by atoms with Crippen molar-refractivity contribution in [1.29, 1.82) is 0 Å². The average molecular weight is 297 g/mol. The van der Waals surface area contributed by atoms with Gasteiger partial charge in [0.25, 0.3) is 5.56 Å². The average Bonchev–Trinajstić information content (AvgIpc) is 2.36. The fourth-order valence-corrected chi connectivity index (χ4v) is 1.85. The van der Waals surface area contributed by atoms with Crippen LogP contribution in [0.2, 0.25) is 10.0 Å². The van der Waals surface area contributed by atoms with Gasteiger partial charge in [-0.25, -0.2) is 4.98 Å². The number of rotatable bonds is 3. The first kappa shape index (κ1) is 13.8. The highest BCUT2D eigenvalue weighted by molar-refractivity contribution is 6.42. The molecule has 0 aliphatic carbocycles. The zero-order chi connectivity index (χ0) is 14.0. The fraction of sp³-hybridized carbons (Fsp3) is 0.154. The monoisotopic (exact) mass is 296 g/mol. The van der Waals surface area contributed by atoms with Crippen LogP contribution < -0.4 is 5.56 Å². The number of hydrogen-bond acceptors (Lipinski definition) is 3. The molecule has 98 valence electrons. The number of ketones is 1. The highest BCUT2D eigenvalue weighted by Gasteiger charge is 2.10. The number of carbonyl (C=O) groups excluding carboxylic acids is 1. The second-order valence-electron chi connectivity index (χ2n) is 4.05. The first-order valence-electron chi connectivity index (χ1n) is 5.48. The number of aromatic nitrogens is 2. The van der Waals surface area contributed by atoms with Crippen molar-refractivity contribution in [1.82, 2.24) is 9.55 Å². The maximum Gasteiger partial charge on any atom is 0.253 e. The number of aryl methyl sites for hydroxylation is 1. The van der Waals surface area contributed by atoms with Crippen LogP contribution in [0.15, 0.2) is 35.4 Å². The summed E-state index contributed by atoms with van der Waals surface area (Å²) in [5, 5.41) is 0.689. The summed E-state index contributed by atoms with van der Waals surface area (Å²) in [6, 6.07) is 5.98. The molecule has 0 unspecified atom stereocenters. The van der Waals surface area contributed by atoms with Crippen molar-refractivity contribution in [3.8, 4) is 0 Å². The summed E-state index contributed by atoms with van der Waals surface area (Å²) in [5.41, 5.74) is 0.756. The van der Waals surface area contributed by atoms with E-state index in [1.54, 1.807) is 19.1 Å². The van der Waals surface area contributed by atoms with Gasteiger partial charge in [0.1, 0.15) is 0 Å². The molecule has 0 saturated carbocycles. The predicted octanol–water partition coefficient (Wildman–Crippen LogP) is 2.74. The van der Waals surface area contributed by atoms with E-state index in [9.17, 15) is 9.59 Å². The minimum absolute atomic E-state index is 0.0793. The summed E-state index contributed by atoms with van der Waals surface area (Å²) in [7, 11) is 0. The van der Waals surface area contributed by atoms with E-state index in [0.717, 1.165) is 0 Å². The number of nitrogens with zero attached hydrogens (tertiary/aromatic N) is 2. The summed E-state index contributed by atoms with van der Waals surface area (Å²) in [5.74, 6) is -0.230. The molecule has 0 N–H and O–H groups in total. The van der Waals surface area contributed by atoms with E-state index in [1.165, 1.54) is 23.0 Å². The number of benzene rings is 1. The van der Waals surface area contributed by atoms with Gasteiger partial charge in [-0.1, -0.05) is 23.2 Å². The van der Waals surface area contributed by atoms with Crippen molar-refractivity contribution >= 4 is 29.0 Å². The van der Waals surface area contributed by atoms with Gasteiger partial charge in [0, 0.05) is 17.3 Å². The third kappa shape index (κ3) is 3.22. The Morgan fingerprint density at radius 3 is 2.63 bits per heavy atom. The lowest BCUT2D eigenvalue weighted by Crippen LogP contribution is -2.24. The van der Waals surface area contributed by atoms with Crippen molar-refractivity contribution in [2.75, 3.05) is 0 Å². The van der Waals surface area contributed by atoms with Gasteiger partial charge in [-0.05, 0) is 25.1 Å². The Hall–Kier alpha value is -1.65. The molecule has 1 aromatic heterocycles. The van der Waals surface area contributed by atoms with Crippen molar-refractivity contribution in [2.24, 2.45) is 0 Å². The zero-order valence-corrected chi connectivity index (χ0v) is 11.6. The standard InChI is InChI=1S/C13H10Cl2N2O2/c1-8-4-13(19)17(7-16-8)6-12(18)9-2-3-10(14)11(15)5-9/h2-5,7H,6H2,1H3. The van der Waals surface area contributed by atoms with Crippen LogP contribution in [0.5, 0.6) is 0 Å². The second kappa shape index (κ2) is 5.55. The molecule has 1 aromatic carbocycles. The van der Waals surface area contributed by atoms with Gasteiger partial charge >= 0.3 is 0 Å². The second-order valence-corrected chi connectivity index (χ2v) is 4.86. The molecule has 0 bridgehead atoms. The van der Waals surface area contributed by atoms with E-state index in [1.807, 2.05) is 0 Å². The van der Waals surface area contributed by atoms with Gasteiger partial charge in [-0.2, -0.15) is 0 Å². The lowest BCUT2D eigenvalue weighted by molar-refractivity contribution is 0.0970. The van der Waals surface area contributed by atoms with Gasteiger partial charge in [-0.3, -0.25) is 14.2 Å². The van der Waals surface area contributed by atoms with E-state index in [-0.39, 0.29) is 17.9 Å². The summed E-state index contributed by atoms with van der Waals surface area (Å²) in [6.07, 6.45) is 1.35. The van der Waals surface area contributed by atoms with Crippen LogP contribution in [0.1, 0.15) is 16.1 Å². The molecule has 4 nitrogen and oxygen atoms in total. The molecule has 0 fully saturated rings. The Kier molecular flexibility index (Phi) is 4.02. The topological polar surface area (TPSA) is 52.0 Å². The van der Waals surface area contributed by atoms with Crippen molar-refractivity contribution in [2.45, 2.75) is 13.5 Å². The zero-order valence-electron chi connectivity index (χ0n) is 10.1. The number of hydrogen-bond donors (Lipinski definition) is 0. The number of carbonyl (C=O) groups is 1. The molecule has 0 aliphatic rings. The van der Waals surface area contributed by atoms with Crippen molar-refractivity contribution in [3.05, 3.63) is 62.2 Å². The normalized spacial score (nSPS) is 10.5. The van der Waals surface area contributed by atoms with Crippen LogP contribution in [0.3, 0.4) is 0 Å². The van der Waals surface area contributed by atoms with Gasteiger partial charge in [0.05, 0.1) is 22.9 Å². The molecule has 0 spiro atoms. The summed E-state index contributed by atoms with van der Waals surface area (Å²) in [4.78, 5) is 27.7. The molecular formula is C13H10Cl2N2O2. The maximum absolute atomic E-state index is 12.0. The van der Waals surface area contributed by atoms with Crippen LogP contribution in [0, 0.1) is 6.92 Å². The Labute approximate surface area is 119 Å². The highest BCUT2D eigenvalue weighted by Crippen LogP contribution is 2.22. The minimum Gasteiger partial charge on any atom is -0.292 e.